The van der Waals surface area contributed by atoms with Crippen molar-refractivity contribution < 1.29 is 13.3 Å². The summed E-state index contributed by atoms with van der Waals surface area (Å²) in [5.74, 6) is 0. The topological polar surface area (TPSA) is 46.2 Å². The Hall–Kier alpha value is -0.0800. The maximum atomic E-state index is 9.04. The van der Waals surface area contributed by atoms with Crippen LogP contribution in [-0.4, -0.2) is 10.8 Å². The summed E-state index contributed by atoms with van der Waals surface area (Å²) in [5, 5.41) is 9.04. The van der Waals surface area contributed by atoms with Gasteiger partial charge < -0.3 is 10.8 Å². The molecule has 0 aliphatic heterocycles. The van der Waals surface area contributed by atoms with E-state index in [1.54, 1.807) is 0 Å². The first-order valence-corrected chi connectivity index (χ1v) is 1.47. The molecule has 0 aromatic rings. The Morgan fingerprint density at radius 3 is 3.00 bits per heavy atom. The summed E-state index contributed by atoms with van der Waals surface area (Å²) in [5.41, 5.74) is 2.27. The van der Waals surface area contributed by atoms with Gasteiger partial charge in [0.1, 0.15) is 5.72 Å². The average molecular weight is 95.2 g/mol. The van der Waals surface area contributed by atoms with Crippen LogP contribution in [0.5, 0.6) is 0 Å². The minimum atomic E-state index is -2.87. The Kier molecular flexibility index (Phi) is 0.316. The van der Waals surface area contributed by atoms with Crippen molar-refractivity contribution in [3.63, 3.8) is 0 Å². The minimum absolute atomic E-state index is 0.948. The van der Waals surface area contributed by atoms with Gasteiger partial charge in [-0.3, -0.25) is 0 Å². The van der Waals surface area contributed by atoms with Crippen LogP contribution in [0.3, 0.4) is 0 Å². The fourth-order valence-electron chi connectivity index (χ4n) is 0. The molecule has 0 amide bonds. The Bertz CT molecular complexity index is 158. The summed E-state index contributed by atoms with van der Waals surface area (Å²) >= 11 is 0. The minimum Gasteiger partial charge on any atom is -0.376 e. The quantitative estimate of drug-likeness (QED) is 0.452. The van der Waals surface area contributed by atoms with E-state index in [1.165, 1.54) is 0 Å². The van der Waals surface area contributed by atoms with E-state index in [9.17, 15) is 0 Å². The second-order valence-electron chi connectivity index (χ2n) is 1.10. The maximum Gasteiger partial charge on any atom is 0.110 e. The fourth-order valence-corrected chi connectivity index (χ4v) is 0. The molecule has 0 aliphatic rings. The van der Waals surface area contributed by atoms with Gasteiger partial charge in [0.2, 0.25) is 0 Å². The highest BCUT2D eigenvalue weighted by Crippen LogP contribution is 1.94. The van der Waals surface area contributed by atoms with Crippen molar-refractivity contribution in [2.75, 3.05) is 0 Å². The molecule has 2 heteroatoms. The molecule has 38 valence electrons. The lowest BCUT2D eigenvalue weighted by atomic mass is 10.2. The Labute approximate surface area is 46.4 Å². The molecule has 3 N–H and O–H groups in total. The molecule has 0 radical (unpaired) electrons. The number of hydrogen-bond acceptors (Lipinski definition) is 2. The third-order valence-electron chi connectivity index (χ3n) is 0.270. The van der Waals surface area contributed by atoms with Gasteiger partial charge in [0, 0.05) is 8.22 Å². The highest BCUT2D eigenvalue weighted by molar-refractivity contribution is 4.56. The fraction of sp³-hybridized carbons (Fsp3) is 1.00. The van der Waals surface area contributed by atoms with E-state index in [-0.39, 0.29) is 0 Å². The van der Waals surface area contributed by atoms with Crippen LogP contribution in [0.25, 0.3) is 0 Å². The zero-order valence-electron chi connectivity index (χ0n) is 9.23. The van der Waals surface area contributed by atoms with Crippen LogP contribution in [0.4, 0.5) is 0 Å². The third kappa shape index (κ3) is 3.92. The molecule has 0 aromatic heterocycles. The molecule has 0 spiro atoms. The summed E-state index contributed by atoms with van der Waals surface area (Å²) < 4.78 is 40.3. The Morgan fingerprint density at radius 2 is 2.83 bits per heavy atom. The lowest BCUT2D eigenvalue weighted by molar-refractivity contribution is 0.0632. The van der Waals surface area contributed by atoms with E-state index in [4.69, 9.17) is 19.1 Å². The number of aliphatic hydroxyl groups is 1. The second-order valence-corrected chi connectivity index (χ2v) is 1.10. The molecular weight excluding hydrogens is 78.0 g/mol. The van der Waals surface area contributed by atoms with Gasteiger partial charge in [-0.1, -0.05) is 6.85 Å². The van der Waals surface area contributed by atoms with Crippen molar-refractivity contribution in [2.24, 2.45) is 5.73 Å². The lowest BCUT2D eigenvalue weighted by Gasteiger charge is -2.11. The van der Waals surface area contributed by atoms with Crippen LogP contribution >= 0.6 is 0 Å². The van der Waals surface area contributed by atoms with Gasteiger partial charge in [-0.15, -0.1) is 0 Å². The molecule has 2 nitrogen and oxygen atoms in total. The molecule has 1 unspecified atom stereocenters. The summed E-state index contributed by atoms with van der Waals surface area (Å²) in [6.45, 7) is -5.42. The van der Waals surface area contributed by atoms with Crippen molar-refractivity contribution >= 4 is 0 Å². The zero-order valence-corrected chi connectivity index (χ0v) is 3.23. The molecule has 0 fully saturated rings. The van der Waals surface area contributed by atoms with Crippen molar-refractivity contribution in [3.05, 3.63) is 0 Å². The van der Waals surface area contributed by atoms with Crippen LogP contribution in [0.1, 0.15) is 28.3 Å². The lowest BCUT2D eigenvalue weighted by Crippen LogP contribution is -2.34. The average Bonchev–Trinajstić information content (AvgIpc) is 1.52. The van der Waals surface area contributed by atoms with E-state index in [0.29, 0.717) is 0 Å². The summed E-state index contributed by atoms with van der Waals surface area (Å²) in [4.78, 5) is 0. The summed E-state index contributed by atoms with van der Waals surface area (Å²) in [6.07, 6.45) is -0.948. The van der Waals surface area contributed by atoms with E-state index in [1.807, 2.05) is 0 Å². The van der Waals surface area contributed by atoms with Gasteiger partial charge in [-0.2, -0.15) is 0 Å². The Morgan fingerprint density at radius 1 is 2.17 bits per heavy atom. The summed E-state index contributed by atoms with van der Waals surface area (Å²) in [7, 11) is 0. The molecular formula is C4H11NO. The first-order chi connectivity index (χ1) is 4.96. The number of rotatable bonds is 1. The van der Waals surface area contributed by atoms with Gasteiger partial charge in [0.25, 0.3) is 0 Å². The maximum absolute atomic E-state index is 9.04. The number of hydrogen-bond donors (Lipinski definition) is 2. The standard InChI is InChI=1S/C4H11NO/c1-3-4(2,5)6/h6H,3,5H2,1-2H3/i1D3,2D3. The van der Waals surface area contributed by atoms with E-state index in [2.05, 4.69) is 0 Å². The SMILES string of the molecule is [2H]C([2H])([2H])CC(N)(O)C([2H])([2H])[2H]. The van der Waals surface area contributed by atoms with Gasteiger partial charge in [-0.05, 0) is 13.3 Å². The van der Waals surface area contributed by atoms with Crippen LogP contribution < -0.4 is 5.73 Å². The van der Waals surface area contributed by atoms with Crippen molar-refractivity contribution in [1.82, 2.24) is 0 Å². The smallest absolute Gasteiger partial charge is 0.110 e. The van der Waals surface area contributed by atoms with E-state index < -0.39 is 25.8 Å². The number of nitrogens with two attached hydrogens (primary N) is 1. The first-order valence-electron chi connectivity index (χ1n) is 4.47. The second kappa shape index (κ2) is 1.58. The normalized spacial score (nSPS) is 39.0. The van der Waals surface area contributed by atoms with Gasteiger partial charge in [0.05, 0.1) is 0 Å². The zero-order chi connectivity index (χ0) is 10.2. The third-order valence-corrected chi connectivity index (χ3v) is 0.270. The molecule has 1 atom stereocenters. The highest BCUT2D eigenvalue weighted by atomic mass is 16.3. The molecule has 0 rings (SSSR count). The van der Waals surface area contributed by atoms with Crippen molar-refractivity contribution in [2.45, 2.75) is 25.8 Å². The molecule has 0 bridgehead atoms. The molecule has 0 aliphatic carbocycles. The van der Waals surface area contributed by atoms with E-state index >= 15 is 0 Å². The molecule has 0 saturated heterocycles. The van der Waals surface area contributed by atoms with Crippen LogP contribution in [-0.2, 0) is 0 Å². The van der Waals surface area contributed by atoms with Crippen molar-refractivity contribution in [1.29, 1.82) is 0 Å². The molecule has 0 heterocycles. The highest BCUT2D eigenvalue weighted by Gasteiger charge is 2.06. The van der Waals surface area contributed by atoms with Crippen LogP contribution in [0.2, 0.25) is 0 Å². The largest absolute Gasteiger partial charge is 0.376 e. The first kappa shape index (κ1) is 1.20. The van der Waals surface area contributed by atoms with Gasteiger partial charge >= 0.3 is 0 Å². The summed E-state index contributed by atoms with van der Waals surface area (Å²) in [6, 6.07) is 0. The molecule has 6 heavy (non-hydrogen) atoms. The monoisotopic (exact) mass is 95.1 g/mol. The van der Waals surface area contributed by atoms with Crippen LogP contribution in [0, 0.1) is 0 Å². The van der Waals surface area contributed by atoms with Crippen LogP contribution in [0.15, 0.2) is 0 Å². The molecule has 0 aromatic carbocycles. The van der Waals surface area contributed by atoms with Crippen molar-refractivity contribution in [3.8, 4) is 0 Å². The van der Waals surface area contributed by atoms with E-state index in [0.717, 1.165) is 0 Å². The molecule has 0 saturated carbocycles. The predicted octanol–water partition coefficient (Wildman–Crippen LogP) is 0.0636. The van der Waals surface area contributed by atoms with Gasteiger partial charge in [0.15, 0.2) is 0 Å². The Balaban J connectivity index is 4.44. The predicted molar refractivity (Wildman–Crippen MR) is 25.1 cm³/mol. The van der Waals surface area contributed by atoms with Gasteiger partial charge in [-0.25, -0.2) is 0 Å².